The fourth-order valence-corrected chi connectivity index (χ4v) is 1.85. The molecule has 4 nitrogen and oxygen atoms in total. The molecule has 0 fully saturated rings. The van der Waals surface area contributed by atoms with Crippen LogP contribution in [-0.2, 0) is 6.54 Å². The van der Waals surface area contributed by atoms with Gasteiger partial charge in [0, 0.05) is 25.1 Å². The largest absolute Gasteiger partial charge is 0.454 e. The van der Waals surface area contributed by atoms with Crippen molar-refractivity contribution >= 4 is 0 Å². The number of aliphatic hydroxyl groups excluding tert-OH is 1. The van der Waals surface area contributed by atoms with Gasteiger partial charge in [-0.15, -0.1) is 0 Å². The van der Waals surface area contributed by atoms with Gasteiger partial charge >= 0.3 is 0 Å². The van der Waals surface area contributed by atoms with Gasteiger partial charge in [-0.25, -0.2) is 0 Å². The van der Waals surface area contributed by atoms with E-state index in [0.29, 0.717) is 6.79 Å². The molecule has 2 rings (SSSR count). The Kier molecular flexibility index (Phi) is 4.09. The van der Waals surface area contributed by atoms with E-state index in [1.807, 2.05) is 18.2 Å². The Morgan fingerprint density at radius 3 is 2.83 bits per heavy atom. The Morgan fingerprint density at radius 2 is 2.11 bits per heavy atom. The summed E-state index contributed by atoms with van der Waals surface area (Å²) in [5.74, 6) is 1.63. The molecule has 0 amide bonds. The first-order valence-corrected chi connectivity index (χ1v) is 6.37. The van der Waals surface area contributed by atoms with Crippen molar-refractivity contribution in [3.05, 3.63) is 23.8 Å². The van der Waals surface area contributed by atoms with E-state index >= 15 is 0 Å². The molecule has 1 aliphatic heterocycles. The zero-order chi connectivity index (χ0) is 13.0. The summed E-state index contributed by atoms with van der Waals surface area (Å²) >= 11 is 0. The average molecular weight is 251 g/mol. The fourth-order valence-electron chi connectivity index (χ4n) is 1.85. The minimum Gasteiger partial charge on any atom is -0.454 e. The van der Waals surface area contributed by atoms with Crippen molar-refractivity contribution < 1.29 is 14.6 Å². The third-order valence-electron chi connectivity index (χ3n) is 3.55. The first kappa shape index (κ1) is 13.2. The van der Waals surface area contributed by atoms with Gasteiger partial charge in [0.2, 0.25) is 6.79 Å². The van der Waals surface area contributed by atoms with E-state index in [4.69, 9.17) is 9.47 Å². The maximum absolute atomic E-state index is 9.33. The molecule has 0 spiro atoms. The van der Waals surface area contributed by atoms with Gasteiger partial charge in [0.25, 0.3) is 0 Å². The highest BCUT2D eigenvalue weighted by Gasteiger charge is 2.20. The molecule has 1 unspecified atom stereocenters. The Balaban J connectivity index is 1.87. The number of ether oxygens (including phenoxy) is 2. The molecule has 100 valence electrons. The molecule has 0 saturated carbocycles. The van der Waals surface area contributed by atoms with Gasteiger partial charge < -0.3 is 19.9 Å². The molecule has 2 N–H and O–H groups in total. The van der Waals surface area contributed by atoms with E-state index in [1.165, 1.54) is 0 Å². The predicted octanol–water partition coefficient (Wildman–Crippen LogP) is 1.91. The van der Waals surface area contributed by atoms with Crippen molar-refractivity contribution in [2.45, 2.75) is 26.8 Å². The summed E-state index contributed by atoms with van der Waals surface area (Å²) in [5, 5.41) is 12.7. The van der Waals surface area contributed by atoms with Gasteiger partial charge in [0.1, 0.15) is 0 Å². The topological polar surface area (TPSA) is 50.7 Å². The SMILES string of the molecule is CCC(C)(CO)CNCc1ccc2c(c1)OCO2. The minimum atomic E-state index is -0.0453. The Hall–Kier alpha value is -1.26. The highest BCUT2D eigenvalue weighted by atomic mass is 16.7. The first-order chi connectivity index (χ1) is 8.67. The molecule has 4 heteroatoms. The van der Waals surface area contributed by atoms with Crippen LogP contribution in [-0.4, -0.2) is 25.1 Å². The molecule has 0 bridgehead atoms. The van der Waals surface area contributed by atoms with Crippen LogP contribution in [0, 0.1) is 5.41 Å². The van der Waals surface area contributed by atoms with Crippen molar-refractivity contribution in [1.82, 2.24) is 5.32 Å². The van der Waals surface area contributed by atoms with Crippen molar-refractivity contribution in [2.24, 2.45) is 5.41 Å². The van der Waals surface area contributed by atoms with Crippen molar-refractivity contribution in [3.8, 4) is 11.5 Å². The Bertz CT molecular complexity index is 402. The lowest BCUT2D eigenvalue weighted by molar-refractivity contribution is 0.135. The molecule has 1 aromatic rings. The van der Waals surface area contributed by atoms with Crippen LogP contribution >= 0.6 is 0 Å². The van der Waals surface area contributed by atoms with Crippen LogP contribution in [0.3, 0.4) is 0 Å². The molecular formula is C14H21NO3. The zero-order valence-corrected chi connectivity index (χ0v) is 11.0. The normalized spacial score (nSPS) is 16.6. The maximum atomic E-state index is 9.33. The number of hydrogen-bond donors (Lipinski definition) is 2. The van der Waals surface area contributed by atoms with Crippen LogP contribution in [0.5, 0.6) is 11.5 Å². The van der Waals surface area contributed by atoms with Crippen molar-refractivity contribution in [2.75, 3.05) is 19.9 Å². The lowest BCUT2D eigenvalue weighted by Gasteiger charge is -2.25. The number of benzene rings is 1. The summed E-state index contributed by atoms with van der Waals surface area (Å²) in [7, 11) is 0. The molecule has 0 radical (unpaired) electrons. The third kappa shape index (κ3) is 2.94. The lowest BCUT2D eigenvalue weighted by atomic mass is 9.88. The first-order valence-electron chi connectivity index (χ1n) is 6.37. The molecule has 18 heavy (non-hydrogen) atoms. The molecule has 0 aromatic heterocycles. The van der Waals surface area contributed by atoms with Crippen molar-refractivity contribution in [1.29, 1.82) is 0 Å². The van der Waals surface area contributed by atoms with Gasteiger partial charge in [-0.2, -0.15) is 0 Å². The second-order valence-electron chi connectivity index (χ2n) is 5.11. The van der Waals surface area contributed by atoms with Crippen LogP contribution in [0.15, 0.2) is 18.2 Å². The van der Waals surface area contributed by atoms with Gasteiger partial charge in [0.15, 0.2) is 11.5 Å². The molecule has 1 atom stereocenters. The van der Waals surface area contributed by atoms with Crippen LogP contribution in [0.1, 0.15) is 25.8 Å². The van der Waals surface area contributed by atoms with Crippen LogP contribution in [0.4, 0.5) is 0 Å². The van der Waals surface area contributed by atoms with E-state index < -0.39 is 0 Å². The van der Waals surface area contributed by atoms with Crippen molar-refractivity contribution in [3.63, 3.8) is 0 Å². The van der Waals surface area contributed by atoms with Crippen LogP contribution < -0.4 is 14.8 Å². The van der Waals surface area contributed by atoms with E-state index in [0.717, 1.165) is 36.6 Å². The molecule has 1 aliphatic rings. The molecule has 1 heterocycles. The average Bonchev–Trinajstić information content (AvgIpc) is 2.86. The fraction of sp³-hybridized carbons (Fsp3) is 0.571. The van der Waals surface area contributed by atoms with E-state index in [2.05, 4.69) is 19.2 Å². The number of nitrogens with one attached hydrogen (secondary N) is 1. The standard InChI is InChI=1S/C14H21NO3/c1-3-14(2,9-16)8-15-7-11-4-5-12-13(6-11)18-10-17-12/h4-6,15-16H,3,7-10H2,1-2H3. The summed E-state index contributed by atoms with van der Waals surface area (Å²) < 4.78 is 10.6. The quantitative estimate of drug-likeness (QED) is 0.811. The number of fused-ring (bicyclic) bond motifs is 1. The summed E-state index contributed by atoms with van der Waals surface area (Å²) in [6.45, 7) is 6.26. The highest BCUT2D eigenvalue weighted by Crippen LogP contribution is 2.32. The van der Waals surface area contributed by atoms with Gasteiger partial charge in [-0.05, 0) is 24.1 Å². The predicted molar refractivity (Wildman–Crippen MR) is 69.8 cm³/mol. The Labute approximate surface area is 108 Å². The Morgan fingerprint density at radius 1 is 1.33 bits per heavy atom. The smallest absolute Gasteiger partial charge is 0.231 e. The summed E-state index contributed by atoms with van der Waals surface area (Å²) in [5.41, 5.74) is 1.12. The zero-order valence-electron chi connectivity index (χ0n) is 11.0. The number of aliphatic hydroxyl groups is 1. The highest BCUT2D eigenvalue weighted by molar-refractivity contribution is 5.44. The summed E-state index contributed by atoms with van der Waals surface area (Å²) in [6, 6.07) is 5.96. The third-order valence-corrected chi connectivity index (χ3v) is 3.55. The van der Waals surface area contributed by atoms with Gasteiger partial charge in [-0.3, -0.25) is 0 Å². The number of rotatable bonds is 6. The van der Waals surface area contributed by atoms with Gasteiger partial charge in [0.05, 0.1) is 0 Å². The maximum Gasteiger partial charge on any atom is 0.231 e. The van der Waals surface area contributed by atoms with E-state index in [-0.39, 0.29) is 12.0 Å². The number of hydrogen-bond acceptors (Lipinski definition) is 4. The monoisotopic (exact) mass is 251 g/mol. The second-order valence-corrected chi connectivity index (χ2v) is 5.11. The summed E-state index contributed by atoms with van der Waals surface area (Å²) in [4.78, 5) is 0. The van der Waals surface area contributed by atoms with Crippen LogP contribution in [0.25, 0.3) is 0 Å². The molecule has 1 aromatic carbocycles. The minimum absolute atomic E-state index is 0.0453. The molecule has 0 aliphatic carbocycles. The molecule has 0 saturated heterocycles. The second kappa shape index (κ2) is 5.59. The molecular weight excluding hydrogens is 230 g/mol. The lowest BCUT2D eigenvalue weighted by Crippen LogP contribution is -2.34. The summed E-state index contributed by atoms with van der Waals surface area (Å²) in [6.07, 6.45) is 0.956. The van der Waals surface area contributed by atoms with Gasteiger partial charge in [-0.1, -0.05) is 19.9 Å². The van der Waals surface area contributed by atoms with E-state index in [1.54, 1.807) is 0 Å². The van der Waals surface area contributed by atoms with Crippen LogP contribution in [0.2, 0.25) is 0 Å². The van der Waals surface area contributed by atoms with E-state index in [9.17, 15) is 5.11 Å².